The lowest BCUT2D eigenvalue weighted by atomic mass is 10.2. The van der Waals surface area contributed by atoms with Crippen LogP contribution in [0.5, 0.6) is 0 Å². The molecule has 5 rings (SSSR count). The number of thioether (sulfide) groups is 1. The van der Waals surface area contributed by atoms with Crippen molar-refractivity contribution in [2.24, 2.45) is 7.05 Å². The smallest absolute Gasteiger partial charge is 0.295 e. The summed E-state index contributed by atoms with van der Waals surface area (Å²) in [4.78, 5) is 30.1. The van der Waals surface area contributed by atoms with E-state index in [2.05, 4.69) is 20.5 Å². The second-order valence-corrected chi connectivity index (χ2v) is 9.51. The molecule has 37 heavy (non-hydrogen) atoms. The van der Waals surface area contributed by atoms with Gasteiger partial charge in [0.15, 0.2) is 11.0 Å². The van der Waals surface area contributed by atoms with Gasteiger partial charge in [-0.3, -0.25) is 23.8 Å². The highest BCUT2D eigenvalue weighted by molar-refractivity contribution is 7.99. The van der Waals surface area contributed by atoms with E-state index in [1.54, 1.807) is 43.2 Å². The highest BCUT2D eigenvalue weighted by Crippen LogP contribution is 2.28. The Bertz CT molecular complexity index is 1610. The predicted molar refractivity (Wildman–Crippen MR) is 145 cm³/mol. The van der Waals surface area contributed by atoms with Gasteiger partial charge in [-0.1, -0.05) is 41.6 Å². The van der Waals surface area contributed by atoms with Crippen LogP contribution < -0.4 is 10.9 Å². The van der Waals surface area contributed by atoms with E-state index in [0.29, 0.717) is 27.4 Å². The lowest BCUT2D eigenvalue weighted by Crippen LogP contribution is -2.23. The third-order valence-corrected chi connectivity index (χ3v) is 6.99. The molecule has 5 aromatic rings. The van der Waals surface area contributed by atoms with Crippen molar-refractivity contribution in [1.82, 2.24) is 29.1 Å². The van der Waals surface area contributed by atoms with Crippen molar-refractivity contribution in [1.29, 1.82) is 0 Å². The second-order valence-electron chi connectivity index (χ2n) is 8.13. The van der Waals surface area contributed by atoms with Crippen molar-refractivity contribution in [3.05, 3.63) is 100 Å². The first kappa shape index (κ1) is 24.5. The van der Waals surface area contributed by atoms with Gasteiger partial charge in [0.25, 0.3) is 5.56 Å². The summed E-state index contributed by atoms with van der Waals surface area (Å²) in [6.45, 7) is 1.79. The molecule has 1 N–H and O–H groups in total. The van der Waals surface area contributed by atoms with Crippen molar-refractivity contribution in [3.8, 4) is 22.8 Å². The van der Waals surface area contributed by atoms with Gasteiger partial charge in [0.05, 0.1) is 17.1 Å². The van der Waals surface area contributed by atoms with Gasteiger partial charge in [-0.2, -0.15) is 0 Å². The first-order valence-electron chi connectivity index (χ1n) is 11.3. The molecule has 0 atom stereocenters. The van der Waals surface area contributed by atoms with E-state index in [1.165, 1.54) is 16.4 Å². The van der Waals surface area contributed by atoms with Crippen molar-refractivity contribution in [3.63, 3.8) is 0 Å². The number of aromatic nitrogens is 6. The van der Waals surface area contributed by atoms with E-state index in [4.69, 9.17) is 11.6 Å². The zero-order valence-electron chi connectivity index (χ0n) is 20.0. The zero-order chi connectivity index (χ0) is 25.9. The van der Waals surface area contributed by atoms with Crippen molar-refractivity contribution >= 4 is 35.0 Å². The Morgan fingerprint density at radius 3 is 2.38 bits per heavy atom. The summed E-state index contributed by atoms with van der Waals surface area (Å²) in [7, 11) is 1.78. The number of carbonyl (C=O) groups excluding carboxylic acids is 1. The number of benzene rings is 2. The minimum Gasteiger partial charge on any atom is -0.319 e. The van der Waals surface area contributed by atoms with Gasteiger partial charge < -0.3 is 5.32 Å². The fourth-order valence-corrected chi connectivity index (χ4v) is 4.77. The summed E-state index contributed by atoms with van der Waals surface area (Å²) in [6.07, 6.45) is 3.36. The first-order valence-corrected chi connectivity index (χ1v) is 12.7. The Kier molecular flexibility index (Phi) is 6.93. The quantitative estimate of drug-likeness (QED) is 0.310. The van der Waals surface area contributed by atoms with Crippen LogP contribution in [-0.4, -0.2) is 40.8 Å². The van der Waals surface area contributed by atoms with Crippen LogP contribution in [-0.2, 0) is 11.8 Å². The summed E-state index contributed by atoms with van der Waals surface area (Å²) in [6, 6.07) is 20.2. The Balaban J connectivity index is 1.40. The highest BCUT2D eigenvalue weighted by atomic mass is 35.5. The van der Waals surface area contributed by atoms with Crippen LogP contribution in [0.25, 0.3) is 22.8 Å². The molecule has 2 aromatic carbocycles. The standard InChI is InChI=1S/C26H22ClN7O2S/c1-17-23(25(36)34(32(17)2)21-6-4-3-5-7-21)29-22(35)16-37-26-31-30-24(18-12-14-28-15-13-18)33(26)20-10-8-19(27)9-11-20/h3-15H,16H2,1-2H3,(H,29,35). The van der Waals surface area contributed by atoms with Crippen LogP contribution in [0.3, 0.4) is 0 Å². The van der Waals surface area contributed by atoms with Crippen LogP contribution in [0.2, 0.25) is 5.02 Å². The molecule has 0 saturated carbocycles. The molecule has 9 nitrogen and oxygen atoms in total. The number of halogens is 1. The lowest BCUT2D eigenvalue weighted by molar-refractivity contribution is -0.113. The average Bonchev–Trinajstić information content (AvgIpc) is 3.43. The van der Waals surface area contributed by atoms with Crippen molar-refractivity contribution in [2.45, 2.75) is 12.1 Å². The Labute approximate surface area is 221 Å². The number of hydrogen-bond acceptors (Lipinski definition) is 6. The third-order valence-electron chi connectivity index (χ3n) is 5.81. The summed E-state index contributed by atoms with van der Waals surface area (Å²) in [5, 5.41) is 12.6. The molecule has 0 bridgehead atoms. The number of nitrogens with one attached hydrogen (secondary N) is 1. The van der Waals surface area contributed by atoms with Gasteiger partial charge in [0.1, 0.15) is 5.69 Å². The summed E-state index contributed by atoms with van der Waals surface area (Å²) >= 11 is 7.31. The molecular formula is C26H22ClN7O2S. The maximum absolute atomic E-state index is 13.1. The average molecular weight is 532 g/mol. The van der Waals surface area contributed by atoms with Crippen molar-refractivity contribution < 1.29 is 4.79 Å². The Morgan fingerprint density at radius 2 is 1.68 bits per heavy atom. The fraction of sp³-hybridized carbons (Fsp3) is 0.115. The number of pyridine rings is 1. The van der Waals surface area contributed by atoms with Gasteiger partial charge >= 0.3 is 0 Å². The van der Waals surface area contributed by atoms with Crippen LogP contribution in [0.15, 0.2) is 89.1 Å². The molecule has 0 radical (unpaired) electrons. The predicted octanol–water partition coefficient (Wildman–Crippen LogP) is 4.51. The van der Waals surface area contributed by atoms with Crippen molar-refractivity contribution in [2.75, 3.05) is 11.1 Å². The van der Waals surface area contributed by atoms with Crippen LogP contribution in [0.1, 0.15) is 5.69 Å². The second kappa shape index (κ2) is 10.5. The molecular weight excluding hydrogens is 510 g/mol. The Morgan fingerprint density at radius 1 is 0.973 bits per heavy atom. The number of hydrogen-bond donors (Lipinski definition) is 1. The summed E-state index contributed by atoms with van der Waals surface area (Å²) in [5.41, 5.74) is 2.94. The van der Waals surface area contributed by atoms with E-state index in [1.807, 2.05) is 59.2 Å². The molecule has 0 spiro atoms. The number of anilines is 1. The summed E-state index contributed by atoms with van der Waals surface area (Å²) < 4.78 is 5.11. The molecule has 0 unspecified atom stereocenters. The van der Waals surface area contributed by atoms with Gasteiger partial charge in [0.2, 0.25) is 5.91 Å². The van der Waals surface area contributed by atoms with Gasteiger partial charge in [-0.25, -0.2) is 4.68 Å². The number of amides is 1. The number of nitrogens with zero attached hydrogens (tertiary/aromatic N) is 6. The molecule has 3 heterocycles. The third kappa shape index (κ3) is 4.93. The fourth-order valence-electron chi connectivity index (χ4n) is 3.89. The molecule has 11 heteroatoms. The molecule has 186 valence electrons. The highest BCUT2D eigenvalue weighted by Gasteiger charge is 2.20. The van der Waals surface area contributed by atoms with Gasteiger partial charge in [0, 0.05) is 35.7 Å². The lowest BCUT2D eigenvalue weighted by Gasteiger charge is -2.10. The van der Waals surface area contributed by atoms with Crippen LogP contribution in [0.4, 0.5) is 5.69 Å². The topological polar surface area (TPSA) is 99.6 Å². The minimum atomic E-state index is -0.327. The van der Waals surface area contributed by atoms with E-state index in [0.717, 1.165) is 11.3 Å². The first-order chi connectivity index (χ1) is 17.9. The molecule has 0 aliphatic carbocycles. The largest absolute Gasteiger partial charge is 0.319 e. The monoisotopic (exact) mass is 531 g/mol. The van der Waals surface area contributed by atoms with Crippen LogP contribution >= 0.6 is 23.4 Å². The summed E-state index contributed by atoms with van der Waals surface area (Å²) in [5.74, 6) is 0.311. The molecule has 0 aliphatic heterocycles. The molecule has 0 aliphatic rings. The van der Waals surface area contributed by atoms with E-state index in [-0.39, 0.29) is 22.9 Å². The zero-order valence-corrected chi connectivity index (χ0v) is 21.6. The van der Waals surface area contributed by atoms with E-state index in [9.17, 15) is 9.59 Å². The normalized spacial score (nSPS) is 11.0. The van der Waals surface area contributed by atoms with Gasteiger partial charge in [-0.15, -0.1) is 10.2 Å². The maximum atomic E-state index is 13.1. The SMILES string of the molecule is Cc1c(NC(=O)CSc2nnc(-c3ccncc3)n2-c2ccc(Cl)cc2)c(=O)n(-c2ccccc2)n1C. The molecule has 0 saturated heterocycles. The molecule has 3 aromatic heterocycles. The number of para-hydroxylation sites is 1. The molecule has 1 amide bonds. The maximum Gasteiger partial charge on any atom is 0.295 e. The molecule has 0 fully saturated rings. The number of carbonyl (C=O) groups is 1. The number of rotatable bonds is 7. The van der Waals surface area contributed by atoms with E-state index >= 15 is 0 Å². The van der Waals surface area contributed by atoms with Crippen LogP contribution in [0, 0.1) is 6.92 Å². The Hall–Kier alpha value is -4.15. The minimum absolute atomic E-state index is 0.0289. The van der Waals surface area contributed by atoms with E-state index < -0.39 is 0 Å². The van der Waals surface area contributed by atoms with Gasteiger partial charge in [-0.05, 0) is 55.5 Å².